The topological polar surface area (TPSA) is 81.7 Å². The van der Waals surface area contributed by atoms with Crippen LogP contribution in [0, 0.1) is 0 Å². The van der Waals surface area contributed by atoms with Crippen LogP contribution in [0.5, 0.6) is 11.5 Å². The molecular weight excluding hydrogens is 570 g/mol. The fraction of sp³-hybridized carbons (Fsp3) is 0.108. The van der Waals surface area contributed by atoms with Gasteiger partial charge in [-0.15, -0.1) is 0 Å². The Hall–Kier alpha value is -5.14. The van der Waals surface area contributed by atoms with Crippen molar-refractivity contribution < 1.29 is 23.9 Å². The minimum Gasteiger partial charge on any atom is -0.489 e. The molecule has 1 amide bonds. The van der Waals surface area contributed by atoms with Crippen molar-refractivity contribution >= 4 is 30.1 Å². The smallest absolute Gasteiger partial charge is 0.251 e. The molecule has 0 fully saturated rings. The molecule has 0 heterocycles. The van der Waals surface area contributed by atoms with E-state index in [-0.39, 0.29) is 30.7 Å². The molecule has 0 aromatic heterocycles. The minimum absolute atomic E-state index is 0.0442. The third kappa shape index (κ3) is 8.02. The molecule has 0 unspecified atom stereocenters. The molecule has 0 bridgehead atoms. The highest BCUT2D eigenvalue weighted by Gasteiger charge is 2.13. The average molecular weight is 602 g/mol. The zero-order chi connectivity index (χ0) is 30.7. The predicted octanol–water partition coefficient (Wildman–Crippen LogP) is 6.97. The molecule has 5 aromatic carbocycles. The van der Waals surface area contributed by atoms with Gasteiger partial charge >= 0.3 is 0 Å². The number of carbonyl (C=O) groups is 3. The van der Waals surface area contributed by atoms with Crippen LogP contribution in [0.2, 0.25) is 0 Å². The second-order valence-corrected chi connectivity index (χ2v) is 10.5. The Bertz CT molecular complexity index is 1600. The Balaban J connectivity index is 1.26. The van der Waals surface area contributed by atoms with Gasteiger partial charge in [-0.3, -0.25) is 14.4 Å². The van der Waals surface area contributed by atoms with E-state index in [4.69, 9.17) is 9.47 Å². The van der Waals surface area contributed by atoms with Gasteiger partial charge in [-0.05, 0) is 23.3 Å². The van der Waals surface area contributed by atoms with Crippen molar-refractivity contribution in [1.82, 2.24) is 5.32 Å². The summed E-state index contributed by atoms with van der Waals surface area (Å²) in [6.45, 7) is 0.890. The molecule has 5 rings (SSSR count). The van der Waals surface area contributed by atoms with E-state index < -0.39 is 0 Å². The van der Waals surface area contributed by atoms with Crippen molar-refractivity contribution in [3.63, 3.8) is 0 Å². The van der Waals surface area contributed by atoms with E-state index in [0.717, 1.165) is 11.1 Å². The van der Waals surface area contributed by atoms with E-state index in [2.05, 4.69) is 17.9 Å². The SMILES string of the molecule is O=C(NCCS)c1cc(OCc2ccc(C(=O)c3ccccc3)cc2)cc(OCc2ccc(C(=O)c3ccccc3)cc2)c1. The maximum Gasteiger partial charge on any atom is 0.251 e. The minimum atomic E-state index is -0.262. The molecule has 0 radical (unpaired) electrons. The van der Waals surface area contributed by atoms with E-state index in [1.54, 1.807) is 66.7 Å². The maximum atomic E-state index is 12.8. The van der Waals surface area contributed by atoms with Crippen molar-refractivity contribution in [1.29, 1.82) is 0 Å². The lowest BCUT2D eigenvalue weighted by molar-refractivity contribution is 0.0953. The summed E-state index contributed by atoms with van der Waals surface area (Å²) in [5.41, 5.74) is 4.58. The lowest BCUT2D eigenvalue weighted by atomic mass is 10.0. The monoisotopic (exact) mass is 601 g/mol. The standard InChI is InChI=1S/C37H31NO5S/c39-35(28-7-3-1-4-8-28)30-15-11-26(12-16-30)24-42-33-21-32(37(41)38-19-20-44)22-34(23-33)43-25-27-13-17-31(18-14-27)36(40)29-9-5-2-6-10-29/h1-18,21-23,44H,19-20,24-25H2,(H,38,41). The summed E-state index contributed by atoms with van der Waals surface area (Å²) in [4.78, 5) is 38.2. The number of thiol groups is 1. The lowest BCUT2D eigenvalue weighted by Gasteiger charge is -2.13. The van der Waals surface area contributed by atoms with Gasteiger partial charge in [0.25, 0.3) is 5.91 Å². The molecule has 0 atom stereocenters. The summed E-state index contributed by atoms with van der Waals surface area (Å²) in [6.07, 6.45) is 0. The number of rotatable bonds is 13. The largest absolute Gasteiger partial charge is 0.489 e. The summed E-state index contributed by atoms with van der Waals surface area (Å²) in [5, 5.41) is 2.82. The highest BCUT2D eigenvalue weighted by Crippen LogP contribution is 2.25. The number of nitrogens with one attached hydrogen (secondary N) is 1. The van der Waals surface area contributed by atoms with Gasteiger partial charge in [0.05, 0.1) is 0 Å². The van der Waals surface area contributed by atoms with Crippen molar-refractivity contribution in [2.45, 2.75) is 13.2 Å². The molecule has 0 aliphatic rings. The zero-order valence-corrected chi connectivity index (χ0v) is 24.8. The molecule has 0 spiro atoms. The third-order valence-corrected chi connectivity index (χ3v) is 7.08. The van der Waals surface area contributed by atoms with Gasteiger partial charge < -0.3 is 14.8 Å². The summed E-state index contributed by atoms with van der Waals surface area (Å²) in [7, 11) is 0. The maximum absolute atomic E-state index is 12.8. The Kier molecular flexibility index (Phi) is 10.2. The van der Waals surface area contributed by atoms with Crippen molar-refractivity contribution in [3.8, 4) is 11.5 Å². The lowest BCUT2D eigenvalue weighted by Crippen LogP contribution is -2.25. The number of hydrogen-bond donors (Lipinski definition) is 2. The van der Waals surface area contributed by atoms with Crippen LogP contribution in [0.25, 0.3) is 0 Å². The molecule has 0 saturated heterocycles. The molecule has 220 valence electrons. The van der Waals surface area contributed by atoms with Crippen LogP contribution in [-0.4, -0.2) is 29.8 Å². The first-order valence-corrected chi connectivity index (χ1v) is 14.8. The number of carbonyl (C=O) groups excluding carboxylic acids is 3. The van der Waals surface area contributed by atoms with Gasteiger partial charge in [0, 0.05) is 46.2 Å². The van der Waals surface area contributed by atoms with E-state index in [1.165, 1.54) is 0 Å². The Morgan fingerprint density at radius 1 is 0.523 bits per heavy atom. The zero-order valence-electron chi connectivity index (χ0n) is 23.9. The van der Waals surface area contributed by atoms with Gasteiger partial charge in [0.15, 0.2) is 11.6 Å². The first-order valence-electron chi connectivity index (χ1n) is 14.2. The molecular formula is C37H31NO5S. The van der Waals surface area contributed by atoms with Gasteiger partial charge in [-0.1, -0.05) is 109 Å². The Morgan fingerprint density at radius 2 is 0.932 bits per heavy atom. The molecule has 7 heteroatoms. The summed E-state index contributed by atoms with van der Waals surface area (Å²) < 4.78 is 12.1. The number of hydrogen-bond acceptors (Lipinski definition) is 6. The van der Waals surface area contributed by atoms with Crippen LogP contribution in [-0.2, 0) is 13.2 Å². The molecule has 44 heavy (non-hydrogen) atoms. The van der Waals surface area contributed by atoms with Gasteiger partial charge in [-0.25, -0.2) is 0 Å². The van der Waals surface area contributed by atoms with E-state index in [0.29, 0.717) is 51.6 Å². The fourth-order valence-corrected chi connectivity index (χ4v) is 4.60. The van der Waals surface area contributed by atoms with Gasteiger partial charge in [0.1, 0.15) is 24.7 Å². The van der Waals surface area contributed by atoms with E-state index >= 15 is 0 Å². The molecule has 0 aliphatic heterocycles. The number of ether oxygens (including phenoxy) is 2. The van der Waals surface area contributed by atoms with E-state index in [1.807, 2.05) is 60.7 Å². The first-order chi connectivity index (χ1) is 21.5. The number of benzene rings is 5. The second-order valence-electron chi connectivity index (χ2n) is 10.0. The molecule has 0 aliphatic carbocycles. The van der Waals surface area contributed by atoms with Gasteiger partial charge in [-0.2, -0.15) is 12.6 Å². The third-order valence-electron chi connectivity index (χ3n) is 6.85. The van der Waals surface area contributed by atoms with Crippen molar-refractivity contribution in [3.05, 3.63) is 166 Å². The number of ketones is 2. The van der Waals surface area contributed by atoms with Crippen molar-refractivity contribution in [2.24, 2.45) is 0 Å². The van der Waals surface area contributed by atoms with Crippen LogP contribution in [0.1, 0.15) is 53.3 Å². The average Bonchev–Trinajstić information content (AvgIpc) is 3.09. The first kappa shape index (κ1) is 30.3. The summed E-state index contributed by atoms with van der Waals surface area (Å²) in [6, 6.07) is 37.9. The molecule has 0 saturated carbocycles. The molecule has 1 N–H and O–H groups in total. The normalized spacial score (nSPS) is 10.6. The quantitative estimate of drug-likeness (QED) is 0.113. The van der Waals surface area contributed by atoms with Gasteiger partial charge in [0.2, 0.25) is 0 Å². The Labute approximate surface area is 262 Å². The van der Waals surface area contributed by atoms with Crippen molar-refractivity contribution in [2.75, 3.05) is 12.3 Å². The van der Waals surface area contributed by atoms with Crippen LogP contribution in [0.4, 0.5) is 0 Å². The van der Waals surface area contributed by atoms with E-state index in [9.17, 15) is 14.4 Å². The summed E-state index contributed by atoms with van der Waals surface area (Å²) in [5.74, 6) is 1.09. The van der Waals surface area contributed by atoms with Crippen LogP contribution >= 0.6 is 12.6 Å². The highest BCUT2D eigenvalue weighted by molar-refractivity contribution is 7.80. The molecule has 5 aromatic rings. The van der Waals surface area contributed by atoms with Crippen LogP contribution < -0.4 is 14.8 Å². The molecule has 6 nitrogen and oxygen atoms in total. The van der Waals surface area contributed by atoms with Crippen LogP contribution in [0.3, 0.4) is 0 Å². The highest BCUT2D eigenvalue weighted by atomic mass is 32.1. The second kappa shape index (κ2) is 14.8. The van der Waals surface area contributed by atoms with Crippen LogP contribution in [0.15, 0.2) is 127 Å². The summed E-state index contributed by atoms with van der Waals surface area (Å²) >= 11 is 4.17. The predicted molar refractivity (Wildman–Crippen MR) is 174 cm³/mol. The number of amides is 1. The Morgan fingerprint density at radius 3 is 1.34 bits per heavy atom. The fourth-order valence-electron chi connectivity index (χ4n) is 4.49.